The number of piperidine rings is 1. The summed E-state index contributed by atoms with van der Waals surface area (Å²) < 4.78 is 21.2. The number of carboxylic acids is 1. The zero-order valence-corrected chi connectivity index (χ0v) is 21.3. The Bertz CT molecular complexity index is 1420. The van der Waals surface area contributed by atoms with E-state index in [1.807, 2.05) is 5.38 Å². The molecule has 0 spiro atoms. The van der Waals surface area contributed by atoms with Crippen molar-refractivity contribution >= 4 is 40.9 Å². The Morgan fingerprint density at radius 1 is 1.35 bits per heavy atom. The number of nitrogens with two attached hydrogens (primary N) is 1. The maximum Gasteiger partial charge on any atom is 0.404 e. The molecule has 10 nitrogen and oxygen atoms in total. The van der Waals surface area contributed by atoms with Crippen LogP contribution in [0.4, 0.5) is 15.0 Å². The summed E-state index contributed by atoms with van der Waals surface area (Å²) in [7, 11) is 0. The SMILES string of the molecule is CC(C)c1csc(CCc2cc3nc(N4CCCC(OC(N)=O)C4)c(C=CC(=O)O)c(=O)n3cc2F)n1. The Kier molecular flexibility index (Phi) is 7.86. The largest absolute Gasteiger partial charge is 0.478 e. The molecule has 0 aromatic carbocycles. The summed E-state index contributed by atoms with van der Waals surface area (Å²) in [5.74, 6) is -1.26. The molecule has 12 heteroatoms. The molecular weight excluding hydrogens is 501 g/mol. The Labute approximate surface area is 216 Å². The number of rotatable bonds is 8. The highest BCUT2D eigenvalue weighted by molar-refractivity contribution is 7.09. The molecule has 4 rings (SSSR count). The lowest BCUT2D eigenvalue weighted by molar-refractivity contribution is -0.131. The van der Waals surface area contributed by atoms with Gasteiger partial charge in [0.25, 0.3) is 5.56 Å². The number of aliphatic carboxylic acids is 1. The second-order valence-electron chi connectivity index (χ2n) is 9.17. The number of primary amides is 1. The first-order valence-corrected chi connectivity index (χ1v) is 12.8. The topological polar surface area (TPSA) is 140 Å². The minimum absolute atomic E-state index is 0.00391. The third-order valence-electron chi connectivity index (χ3n) is 6.13. The van der Waals surface area contributed by atoms with Gasteiger partial charge in [-0.05, 0) is 42.9 Å². The number of carbonyl (C=O) groups excluding carboxylic acids is 1. The van der Waals surface area contributed by atoms with Crippen LogP contribution in [-0.4, -0.2) is 50.7 Å². The number of aryl methyl sites for hydroxylation is 2. The second kappa shape index (κ2) is 11.1. The highest BCUT2D eigenvalue weighted by Gasteiger charge is 2.26. The molecule has 1 fully saturated rings. The van der Waals surface area contributed by atoms with Crippen LogP contribution in [-0.2, 0) is 22.4 Å². The predicted molar refractivity (Wildman–Crippen MR) is 138 cm³/mol. The summed E-state index contributed by atoms with van der Waals surface area (Å²) in [5, 5.41) is 12.0. The fourth-order valence-electron chi connectivity index (χ4n) is 4.27. The molecule has 1 saturated heterocycles. The standard InChI is InChI=1S/C25H28FN5O5S/c1-14(2)19-13-37-21(28-19)7-5-15-10-20-29-23(30-9-3-4-16(11-30)36-25(27)35)17(6-8-22(32)33)24(34)31(20)12-18(15)26/h6,8,10,12-14,16H,3-5,7,9,11H2,1-2H3,(H2,27,35)(H,32,33). The van der Waals surface area contributed by atoms with Gasteiger partial charge in [0.2, 0.25) is 0 Å². The van der Waals surface area contributed by atoms with E-state index in [0.717, 1.165) is 33.5 Å². The van der Waals surface area contributed by atoms with Gasteiger partial charge in [0.05, 0.1) is 29.0 Å². The van der Waals surface area contributed by atoms with Crippen molar-refractivity contribution in [2.45, 2.75) is 51.6 Å². The average molecular weight is 530 g/mol. The van der Waals surface area contributed by atoms with E-state index >= 15 is 4.39 Å². The number of ether oxygens (including phenoxy) is 1. The number of pyridine rings is 1. The molecule has 1 aliphatic rings. The Morgan fingerprint density at radius 3 is 2.81 bits per heavy atom. The number of thiazole rings is 1. The van der Waals surface area contributed by atoms with Crippen LogP contribution in [0.15, 0.2) is 28.5 Å². The Morgan fingerprint density at radius 2 is 2.14 bits per heavy atom. The summed E-state index contributed by atoms with van der Waals surface area (Å²) in [6.45, 7) is 4.86. The molecule has 1 unspecified atom stereocenters. The van der Waals surface area contributed by atoms with E-state index in [9.17, 15) is 14.4 Å². The van der Waals surface area contributed by atoms with Crippen molar-refractivity contribution in [2.24, 2.45) is 5.73 Å². The predicted octanol–water partition coefficient (Wildman–Crippen LogP) is 3.36. The number of fused-ring (bicyclic) bond motifs is 1. The number of amides is 1. The van der Waals surface area contributed by atoms with Crippen LogP contribution in [0.2, 0.25) is 0 Å². The number of hydrogen-bond donors (Lipinski definition) is 2. The van der Waals surface area contributed by atoms with E-state index < -0.39 is 29.5 Å². The van der Waals surface area contributed by atoms with Gasteiger partial charge in [0, 0.05) is 24.4 Å². The molecule has 3 aromatic rings. The fourth-order valence-corrected chi connectivity index (χ4v) is 5.23. The highest BCUT2D eigenvalue weighted by atomic mass is 32.1. The van der Waals surface area contributed by atoms with Gasteiger partial charge in [-0.15, -0.1) is 11.3 Å². The van der Waals surface area contributed by atoms with E-state index in [0.29, 0.717) is 43.7 Å². The molecule has 0 radical (unpaired) electrons. The van der Waals surface area contributed by atoms with E-state index in [1.165, 1.54) is 17.4 Å². The maximum absolute atomic E-state index is 15.0. The van der Waals surface area contributed by atoms with Crippen LogP contribution in [0.25, 0.3) is 11.7 Å². The highest BCUT2D eigenvalue weighted by Crippen LogP contribution is 2.25. The molecule has 37 heavy (non-hydrogen) atoms. The first-order valence-electron chi connectivity index (χ1n) is 11.9. The lowest BCUT2D eigenvalue weighted by Crippen LogP contribution is -2.43. The maximum atomic E-state index is 15.0. The smallest absolute Gasteiger partial charge is 0.404 e. The van der Waals surface area contributed by atoms with Gasteiger partial charge < -0.3 is 20.5 Å². The van der Waals surface area contributed by atoms with Gasteiger partial charge in [-0.25, -0.2) is 23.9 Å². The number of hydrogen-bond acceptors (Lipinski definition) is 8. The van der Waals surface area contributed by atoms with Crippen LogP contribution in [0.5, 0.6) is 0 Å². The summed E-state index contributed by atoms with van der Waals surface area (Å²) >= 11 is 1.53. The van der Waals surface area contributed by atoms with E-state index in [2.05, 4.69) is 23.8 Å². The minimum Gasteiger partial charge on any atom is -0.478 e. The third-order valence-corrected chi connectivity index (χ3v) is 7.06. The van der Waals surface area contributed by atoms with E-state index in [-0.39, 0.29) is 23.6 Å². The molecule has 0 aliphatic carbocycles. The van der Waals surface area contributed by atoms with Crippen molar-refractivity contribution in [3.8, 4) is 0 Å². The summed E-state index contributed by atoms with van der Waals surface area (Å²) in [6.07, 6.45) is 3.82. The molecule has 1 aliphatic heterocycles. The van der Waals surface area contributed by atoms with Gasteiger partial charge in [-0.1, -0.05) is 13.8 Å². The van der Waals surface area contributed by atoms with E-state index in [1.54, 1.807) is 4.90 Å². The number of carboxylic acid groups (broad SMARTS) is 1. The molecule has 1 amide bonds. The Hall–Kier alpha value is -3.80. The zero-order chi connectivity index (χ0) is 26.7. The van der Waals surface area contributed by atoms with Crippen molar-refractivity contribution in [3.05, 3.63) is 61.7 Å². The number of nitrogens with zero attached hydrogens (tertiary/aromatic N) is 4. The zero-order valence-electron chi connectivity index (χ0n) is 20.5. The second-order valence-corrected chi connectivity index (χ2v) is 10.1. The molecule has 196 valence electrons. The first-order chi connectivity index (χ1) is 17.6. The monoisotopic (exact) mass is 529 g/mol. The lowest BCUT2D eigenvalue weighted by Gasteiger charge is -2.33. The number of aromatic nitrogens is 3. The molecule has 3 aromatic heterocycles. The first kappa shape index (κ1) is 26.3. The van der Waals surface area contributed by atoms with Crippen molar-refractivity contribution < 1.29 is 23.8 Å². The molecule has 4 heterocycles. The van der Waals surface area contributed by atoms with Gasteiger partial charge in [0.15, 0.2) is 0 Å². The van der Waals surface area contributed by atoms with Gasteiger partial charge in [0.1, 0.15) is 23.4 Å². The quantitative estimate of drug-likeness (QED) is 0.424. The van der Waals surface area contributed by atoms with Crippen molar-refractivity contribution in [2.75, 3.05) is 18.0 Å². The van der Waals surface area contributed by atoms with Crippen molar-refractivity contribution in [1.82, 2.24) is 14.4 Å². The van der Waals surface area contributed by atoms with E-state index in [4.69, 9.17) is 15.6 Å². The summed E-state index contributed by atoms with van der Waals surface area (Å²) in [6, 6.07) is 1.53. The minimum atomic E-state index is -1.24. The van der Waals surface area contributed by atoms with Gasteiger partial charge >= 0.3 is 12.1 Å². The molecule has 0 bridgehead atoms. The molecule has 3 N–H and O–H groups in total. The number of carbonyl (C=O) groups is 2. The van der Waals surface area contributed by atoms with Crippen LogP contribution in [0.1, 0.15) is 54.4 Å². The molecule has 0 saturated carbocycles. The van der Waals surface area contributed by atoms with Gasteiger partial charge in [-0.2, -0.15) is 0 Å². The van der Waals surface area contributed by atoms with Crippen LogP contribution in [0.3, 0.4) is 0 Å². The fraction of sp³-hybridized carbons (Fsp3) is 0.400. The summed E-state index contributed by atoms with van der Waals surface area (Å²) in [5.41, 5.74) is 6.17. The van der Waals surface area contributed by atoms with Crippen molar-refractivity contribution in [1.29, 1.82) is 0 Å². The van der Waals surface area contributed by atoms with Crippen molar-refractivity contribution in [3.63, 3.8) is 0 Å². The van der Waals surface area contributed by atoms with Crippen LogP contribution < -0.4 is 16.2 Å². The molecule has 1 atom stereocenters. The average Bonchev–Trinajstić information content (AvgIpc) is 3.32. The van der Waals surface area contributed by atoms with Crippen LogP contribution >= 0.6 is 11.3 Å². The third kappa shape index (κ3) is 6.13. The van der Waals surface area contributed by atoms with Crippen LogP contribution in [0, 0.1) is 5.82 Å². The Balaban J connectivity index is 1.72. The van der Waals surface area contributed by atoms with Gasteiger partial charge in [-0.3, -0.25) is 9.20 Å². The number of anilines is 1. The lowest BCUT2D eigenvalue weighted by atomic mass is 10.1. The normalized spacial score (nSPS) is 16.1. The number of halogens is 1. The summed E-state index contributed by atoms with van der Waals surface area (Å²) in [4.78, 5) is 46.7. The molecular formula is C25H28FN5O5S.